The lowest BCUT2D eigenvalue weighted by Crippen LogP contribution is -2.42. The van der Waals surface area contributed by atoms with Crippen molar-refractivity contribution < 1.29 is 23.9 Å². The highest BCUT2D eigenvalue weighted by Gasteiger charge is 2.25. The van der Waals surface area contributed by atoms with Crippen molar-refractivity contribution >= 4 is 34.1 Å². The van der Waals surface area contributed by atoms with Gasteiger partial charge in [-0.05, 0) is 19.4 Å². The summed E-state index contributed by atoms with van der Waals surface area (Å²) < 4.78 is 10.6. The largest absolute Gasteiger partial charge is 0.452 e. The minimum absolute atomic E-state index is 0.247. The smallest absolute Gasteiger partial charge is 0.342 e. The Labute approximate surface area is 179 Å². The summed E-state index contributed by atoms with van der Waals surface area (Å²) in [5.74, 6) is -1.24. The topological polar surface area (TPSA) is 84.9 Å². The van der Waals surface area contributed by atoms with Crippen molar-refractivity contribution in [1.29, 1.82) is 0 Å². The fourth-order valence-corrected chi connectivity index (χ4v) is 3.96. The van der Waals surface area contributed by atoms with E-state index in [-0.39, 0.29) is 24.0 Å². The van der Waals surface area contributed by atoms with Gasteiger partial charge in [0.25, 0.3) is 5.91 Å². The summed E-state index contributed by atoms with van der Waals surface area (Å²) in [6, 6.07) is 9.36. The van der Waals surface area contributed by atoms with Crippen LogP contribution in [0, 0.1) is 0 Å². The lowest BCUT2D eigenvalue weighted by atomic mass is 10.0. The maximum Gasteiger partial charge on any atom is 0.342 e. The number of carbonyl (C=O) groups excluding carboxylic acids is 3. The first-order valence-corrected chi connectivity index (χ1v) is 10.5. The highest BCUT2D eigenvalue weighted by molar-refractivity contribution is 7.15. The third-order valence-electron chi connectivity index (χ3n) is 4.43. The van der Waals surface area contributed by atoms with Crippen molar-refractivity contribution in [2.24, 2.45) is 0 Å². The Kier molecular flexibility index (Phi) is 7.37. The van der Waals surface area contributed by atoms with Gasteiger partial charge >= 0.3 is 5.97 Å². The lowest BCUT2D eigenvalue weighted by Gasteiger charge is -2.26. The van der Waals surface area contributed by atoms with Gasteiger partial charge in [0.2, 0.25) is 5.91 Å². The van der Waals surface area contributed by atoms with E-state index in [1.54, 1.807) is 10.3 Å². The van der Waals surface area contributed by atoms with Crippen LogP contribution in [0.2, 0.25) is 0 Å². The van der Waals surface area contributed by atoms with Gasteiger partial charge in [0, 0.05) is 30.1 Å². The second kappa shape index (κ2) is 10.2. The molecule has 3 rings (SSSR count). The first-order valence-electron chi connectivity index (χ1n) is 9.61. The zero-order chi connectivity index (χ0) is 21.5. The molecule has 2 heterocycles. The van der Waals surface area contributed by atoms with Crippen LogP contribution in [0.25, 0.3) is 11.1 Å². The Morgan fingerprint density at radius 2 is 1.87 bits per heavy atom. The van der Waals surface area contributed by atoms with Crippen LogP contribution in [-0.2, 0) is 19.1 Å². The van der Waals surface area contributed by atoms with Crippen molar-refractivity contribution in [3.8, 4) is 11.1 Å². The number of hydrogen-bond acceptors (Lipinski definition) is 6. The number of nitrogens with one attached hydrogen (secondary N) is 1. The zero-order valence-electron chi connectivity index (χ0n) is 17.0. The number of amides is 2. The molecular formula is C22H24N2O5S. The third kappa shape index (κ3) is 5.55. The van der Waals surface area contributed by atoms with E-state index in [2.05, 4.69) is 5.32 Å². The average Bonchev–Trinajstić information content (AvgIpc) is 3.15. The van der Waals surface area contributed by atoms with Crippen LogP contribution in [0.3, 0.4) is 0 Å². The molecule has 1 fully saturated rings. The molecule has 1 aromatic heterocycles. The Morgan fingerprint density at radius 3 is 2.53 bits per heavy atom. The molecule has 158 valence electrons. The molecule has 8 heteroatoms. The molecule has 30 heavy (non-hydrogen) atoms. The maximum absolute atomic E-state index is 12.9. The molecule has 1 saturated heterocycles. The Morgan fingerprint density at radius 1 is 1.17 bits per heavy atom. The molecule has 2 aromatic rings. The number of anilines is 1. The van der Waals surface area contributed by atoms with Gasteiger partial charge in [-0.25, -0.2) is 4.79 Å². The molecule has 0 bridgehead atoms. The monoisotopic (exact) mass is 428 g/mol. The molecule has 1 aromatic carbocycles. The molecular weight excluding hydrogens is 404 g/mol. The predicted molar refractivity (Wildman–Crippen MR) is 115 cm³/mol. The fraction of sp³-hybridized carbons (Fsp3) is 0.318. The van der Waals surface area contributed by atoms with E-state index >= 15 is 0 Å². The van der Waals surface area contributed by atoms with Gasteiger partial charge in [-0.2, -0.15) is 0 Å². The van der Waals surface area contributed by atoms with Crippen molar-refractivity contribution in [2.45, 2.75) is 13.8 Å². The number of ether oxygens (including phenoxy) is 2. The van der Waals surface area contributed by atoms with Crippen LogP contribution < -0.4 is 5.32 Å². The number of rotatable bonds is 6. The van der Waals surface area contributed by atoms with Crippen LogP contribution in [0.4, 0.5) is 5.00 Å². The number of esters is 1. The number of morpholine rings is 1. The molecule has 0 unspecified atom stereocenters. The quantitative estimate of drug-likeness (QED) is 0.564. The molecule has 1 aliphatic rings. The first kappa shape index (κ1) is 21.7. The van der Waals surface area contributed by atoms with Gasteiger partial charge in [-0.3, -0.25) is 9.59 Å². The standard InChI is InChI=1S/C22H24N2O5S/c1-15(2)12-18(25)23-21-20(17(14-30-21)16-6-4-3-5-7-16)22(27)29-13-19(26)24-8-10-28-11-9-24/h3-7,12,14H,8-11,13H2,1-2H3,(H,23,25). The second-order valence-corrected chi connectivity index (χ2v) is 7.88. The summed E-state index contributed by atoms with van der Waals surface area (Å²) in [5, 5.41) is 4.94. The minimum Gasteiger partial charge on any atom is -0.452 e. The van der Waals surface area contributed by atoms with E-state index in [0.29, 0.717) is 36.9 Å². The summed E-state index contributed by atoms with van der Waals surface area (Å²) in [7, 11) is 0. The van der Waals surface area contributed by atoms with Crippen LogP contribution in [0.15, 0.2) is 47.4 Å². The van der Waals surface area contributed by atoms with Crippen LogP contribution in [-0.4, -0.2) is 55.6 Å². The van der Waals surface area contributed by atoms with E-state index in [9.17, 15) is 14.4 Å². The Bertz CT molecular complexity index is 942. The van der Waals surface area contributed by atoms with E-state index in [1.165, 1.54) is 17.4 Å². The van der Waals surface area contributed by atoms with Gasteiger partial charge in [0.1, 0.15) is 10.6 Å². The van der Waals surface area contributed by atoms with E-state index in [0.717, 1.165) is 11.1 Å². The van der Waals surface area contributed by atoms with Crippen molar-refractivity contribution in [3.05, 3.63) is 52.9 Å². The molecule has 1 aliphatic heterocycles. The summed E-state index contributed by atoms with van der Waals surface area (Å²) in [6.45, 7) is 5.18. The number of benzene rings is 1. The summed E-state index contributed by atoms with van der Waals surface area (Å²) in [5.41, 5.74) is 2.56. The lowest BCUT2D eigenvalue weighted by molar-refractivity contribution is -0.138. The Balaban J connectivity index is 1.81. The zero-order valence-corrected chi connectivity index (χ0v) is 17.8. The molecule has 0 atom stereocenters. The normalized spacial score (nSPS) is 13.5. The number of allylic oxidation sites excluding steroid dienone is 1. The molecule has 2 amide bonds. The Hall–Kier alpha value is -2.97. The maximum atomic E-state index is 12.9. The summed E-state index contributed by atoms with van der Waals surface area (Å²) in [6.07, 6.45) is 1.46. The number of nitrogens with zero attached hydrogens (tertiary/aromatic N) is 1. The third-order valence-corrected chi connectivity index (χ3v) is 5.32. The number of thiophene rings is 1. The molecule has 7 nitrogen and oxygen atoms in total. The van der Waals surface area contributed by atoms with Gasteiger partial charge < -0.3 is 19.7 Å². The second-order valence-electron chi connectivity index (χ2n) is 7.00. The number of hydrogen-bond donors (Lipinski definition) is 1. The van der Waals surface area contributed by atoms with Gasteiger partial charge in [0.05, 0.1) is 13.2 Å². The first-order chi connectivity index (χ1) is 14.5. The van der Waals surface area contributed by atoms with E-state index in [4.69, 9.17) is 9.47 Å². The van der Waals surface area contributed by atoms with Gasteiger partial charge in [0.15, 0.2) is 6.61 Å². The van der Waals surface area contributed by atoms with Crippen molar-refractivity contribution in [3.63, 3.8) is 0 Å². The molecule has 0 saturated carbocycles. The molecule has 1 N–H and O–H groups in total. The van der Waals surface area contributed by atoms with Crippen LogP contribution >= 0.6 is 11.3 Å². The van der Waals surface area contributed by atoms with Crippen molar-refractivity contribution in [2.75, 3.05) is 38.2 Å². The predicted octanol–water partition coefficient (Wildman–Crippen LogP) is 3.34. The average molecular weight is 429 g/mol. The van der Waals surface area contributed by atoms with Gasteiger partial charge in [-0.15, -0.1) is 11.3 Å². The molecule has 0 spiro atoms. The van der Waals surface area contributed by atoms with E-state index in [1.807, 2.05) is 44.2 Å². The highest BCUT2D eigenvalue weighted by atomic mass is 32.1. The minimum atomic E-state index is -0.649. The molecule has 0 aliphatic carbocycles. The number of carbonyl (C=O) groups is 3. The van der Waals surface area contributed by atoms with Crippen LogP contribution in [0.1, 0.15) is 24.2 Å². The highest BCUT2D eigenvalue weighted by Crippen LogP contribution is 2.36. The van der Waals surface area contributed by atoms with Gasteiger partial charge in [-0.1, -0.05) is 35.9 Å². The van der Waals surface area contributed by atoms with Crippen molar-refractivity contribution in [1.82, 2.24) is 4.90 Å². The SMILES string of the molecule is CC(C)=CC(=O)Nc1scc(-c2ccccc2)c1C(=O)OCC(=O)N1CCOCC1. The summed E-state index contributed by atoms with van der Waals surface area (Å²) >= 11 is 1.24. The molecule has 0 radical (unpaired) electrons. The van der Waals surface area contributed by atoms with E-state index < -0.39 is 5.97 Å². The fourth-order valence-electron chi connectivity index (χ4n) is 3.00. The summed E-state index contributed by atoms with van der Waals surface area (Å²) in [4.78, 5) is 39.1. The van der Waals surface area contributed by atoms with Crippen LogP contribution in [0.5, 0.6) is 0 Å².